The molecule has 1 aromatic rings. The van der Waals surface area contributed by atoms with Crippen LogP contribution in [0.3, 0.4) is 0 Å². The van der Waals surface area contributed by atoms with Gasteiger partial charge in [-0.1, -0.05) is 19.8 Å². The minimum Gasteiger partial charge on any atom is -0.359 e. The molecule has 0 fully saturated rings. The summed E-state index contributed by atoms with van der Waals surface area (Å²) in [6.45, 7) is 4.82. The van der Waals surface area contributed by atoms with Crippen molar-refractivity contribution in [2.24, 2.45) is 5.92 Å². The van der Waals surface area contributed by atoms with Gasteiger partial charge in [0.05, 0.1) is 6.54 Å². The van der Waals surface area contributed by atoms with Gasteiger partial charge in [-0.25, -0.2) is 9.97 Å². The van der Waals surface area contributed by atoms with Crippen LogP contribution in [0.2, 0.25) is 0 Å². The summed E-state index contributed by atoms with van der Waals surface area (Å²) in [5, 5.41) is 3.02. The Hall–Kier alpha value is -1.56. The highest BCUT2D eigenvalue weighted by molar-refractivity contribution is 5.36. The van der Waals surface area contributed by atoms with Gasteiger partial charge in [0.2, 0.25) is 0 Å². The summed E-state index contributed by atoms with van der Waals surface area (Å²) in [6, 6.07) is 1.94. The van der Waals surface area contributed by atoms with Gasteiger partial charge in [-0.15, -0.1) is 6.42 Å². The zero-order valence-electron chi connectivity index (χ0n) is 8.62. The molecule has 0 unspecified atom stereocenters. The molecule has 0 amide bonds. The normalized spacial score (nSPS) is 9.86. The smallest absolute Gasteiger partial charge is 0.130 e. The van der Waals surface area contributed by atoms with E-state index in [2.05, 4.69) is 35.1 Å². The third-order valence-electron chi connectivity index (χ3n) is 1.71. The molecular weight excluding hydrogens is 174 g/mol. The van der Waals surface area contributed by atoms with Gasteiger partial charge in [0.15, 0.2) is 0 Å². The Bertz CT molecular complexity index is 326. The van der Waals surface area contributed by atoms with E-state index in [0.29, 0.717) is 12.5 Å². The molecule has 1 aromatic heterocycles. The topological polar surface area (TPSA) is 37.8 Å². The van der Waals surface area contributed by atoms with Gasteiger partial charge < -0.3 is 5.32 Å². The number of terminal acetylenes is 1. The maximum Gasteiger partial charge on any atom is 0.130 e. The Labute approximate surface area is 85.0 Å². The monoisotopic (exact) mass is 189 g/mol. The Morgan fingerprint density at radius 3 is 2.93 bits per heavy atom. The maximum atomic E-state index is 5.14. The van der Waals surface area contributed by atoms with Gasteiger partial charge in [0.1, 0.15) is 12.1 Å². The number of nitrogens with zero attached hydrogens (tertiary/aromatic N) is 2. The van der Waals surface area contributed by atoms with Gasteiger partial charge in [-0.3, -0.25) is 0 Å². The molecule has 0 aliphatic heterocycles. The summed E-state index contributed by atoms with van der Waals surface area (Å²) in [5.41, 5.74) is 1.05. The van der Waals surface area contributed by atoms with Crippen molar-refractivity contribution in [3.63, 3.8) is 0 Å². The first-order valence-electron chi connectivity index (χ1n) is 4.70. The molecule has 0 bridgehead atoms. The van der Waals surface area contributed by atoms with E-state index in [0.717, 1.165) is 17.9 Å². The zero-order valence-corrected chi connectivity index (χ0v) is 8.62. The minimum absolute atomic E-state index is 0.498. The van der Waals surface area contributed by atoms with E-state index in [9.17, 15) is 0 Å². The molecule has 0 aliphatic rings. The molecule has 3 nitrogen and oxygen atoms in total. The van der Waals surface area contributed by atoms with Gasteiger partial charge >= 0.3 is 0 Å². The number of hydrogen-bond donors (Lipinski definition) is 1. The third-order valence-corrected chi connectivity index (χ3v) is 1.71. The van der Waals surface area contributed by atoms with Crippen molar-refractivity contribution in [1.29, 1.82) is 0 Å². The molecule has 1 N–H and O–H groups in total. The third kappa shape index (κ3) is 3.44. The average Bonchev–Trinajstić information content (AvgIpc) is 2.14. The van der Waals surface area contributed by atoms with E-state index >= 15 is 0 Å². The highest BCUT2D eigenvalue weighted by Gasteiger charge is 2.00. The second-order valence-corrected chi connectivity index (χ2v) is 3.55. The summed E-state index contributed by atoms with van der Waals surface area (Å²) >= 11 is 0. The van der Waals surface area contributed by atoms with Crippen LogP contribution in [-0.2, 0) is 6.42 Å². The molecule has 1 rings (SSSR count). The number of hydrogen-bond acceptors (Lipinski definition) is 3. The van der Waals surface area contributed by atoms with Crippen LogP contribution in [0.5, 0.6) is 0 Å². The maximum absolute atomic E-state index is 5.14. The molecule has 0 radical (unpaired) electrons. The molecule has 3 heteroatoms. The summed E-state index contributed by atoms with van der Waals surface area (Å²) in [5.74, 6) is 3.91. The molecule has 0 aliphatic carbocycles. The van der Waals surface area contributed by atoms with E-state index in [4.69, 9.17) is 6.42 Å². The van der Waals surface area contributed by atoms with E-state index in [1.165, 1.54) is 0 Å². The van der Waals surface area contributed by atoms with Crippen LogP contribution in [0.1, 0.15) is 19.5 Å². The lowest BCUT2D eigenvalue weighted by Gasteiger charge is -2.05. The van der Waals surface area contributed by atoms with E-state index in [-0.39, 0.29) is 0 Å². The lowest BCUT2D eigenvalue weighted by Crippen LogP contribution is -2.04. The Morgan fingerprint density at radius 2 is 2.29 bits per heavy atom. The molecular formula is C11H15N3. The Kier molecular flexibility index (Phi) is 3.93. The molecule has 14 heavy (non-hydrogen) atoms. The fourth-order valence-electron chi connectivity index (χ4n) is 1.17. The quantitative estimate of drug-likeness (QED) is 0.733. The highest BCUT2D eigenvalue weighted by atomic mass is 15.0. The van der Waals surface area contributed by atoms with Crippen molar-refractivity contribution in [2.75, 3.05) is 11.9 Å². The van der Waals surface area contributed by atoms with Crippen LogP contribution < -0.4 is 5.32 Å². The predicted octanol–water partition coefficient (Wildman–Crippen LogP) is 1.72. The first-order valence-corrected chi connectivity index (χ1v) is 4.70. The van der Waals surface area contributed by atoms with Crippen molar-refractivity contribution in [2.45, 2.75) is 20.3 Å². The molecule has 74 valence electrons. The Balaban J connectivity index is 2.65. The average molecular weight is 189 g/mol. The van der Waals surface area contributed by atoms with Gasteiger partial charge in [0, 0.05) is 11.8 Å². The predicted molar refractivity (Wildman–Crippen MR) is 57.9 cm³/mol. The van der Waals surface area contributed by atoms with Crippen LogP contribution in [0, 0.1) is 18.3 Å². The first kappa shape index (κ1) is 10.5. The highest BCUT2D eigenvalue weighted by Crippen LogP contribution is 2.08. The van der Waals surface area contributed by atoms with Gasteiger partial charge in [-0.2, -0.15) is 0 Å². The summed E-state index contributed by atoms with van der Waals surface area (Å²) in [7, 11) is 0. The summed E-state index contributed by atoms with van der Waals surface area (Å²) in [6.07, 6.45) is 7.67. The second kappa shape index (κ2) is 5.23. The van der Waals surface area contributed by atoms with E-state index < -0.39 is 0 Å². The SMILES string of the molecule is C#CCNc1cc(CC(C)C)ncn1. The molecule has 0 aromatic carbocycles. The Morgan fingerprint density at radius 1 is 1.50 bits per heavy atom. The van der Waals surface area contributed by atoms with Crippen molar-refractivity contribution < 1.29 is 0 Å². The molecule has 0 spiro atoms. The number of rotatable bonds is 4. The van der Waals surface area contributed by atoms with Crippen molar-refractivity contribution >= 4 is 5.82 Å². The van der Waals surface area contributed by atoms with Crippen LogP contribution in [0.4, 0.5) is 5.82 Å². The van der Waals surface area contributed by atoms with Crippen LogP contribution in [0.25, 0.3) is 0 Å². The first-order chi connectivity index (χ1) is 6.72. The number of nitrogens with one attached hydrogen (secondary N) is 1. The van der Waals surface area contributed by atoms with Crippen molar-refractivity contribution in [3.8, 4) is 12.3 Å². The van der Waals surface area contributed by atoms with Gasteiger partial charge in [-0.05, 0) is 12.3 Å². The fourth-order valence-corrected chi connectivity index (χ4v) is 1.17. The molecule has 0 atom stereocenters. The number of anilines is 1. The lowest BCUT2D eigenvalue weighted by molar-refractivity contribution is 0.634. The molecule has 0 saturated heterocycles. The lowest BCUT2D eigenvalue weighted by atomic mass is 10.1. The zero-order chi connectivity index (χ0) is 10.4. The van der Waals surface area contributed by atoms with Crippen molar-refractivity contribution in [1.82, 2.24) is 9.97 Å². The summed E-state index contributed by atoms with van der Waals surface area (Å²) < 4.78 is 0. The largest absolute Gasteiger partial charge is 0.359 e. The van der Waals surface area contributed by atoms with E-state index in [1.807, 2.05) is 6.07 Å². The summed E-state index contributed by atoms with van der Waals surface area (Å²) in [4.78, 5) is 8.25. The minimum atomic E-state index is 0.498. The van der Waals surface area contributed by atoms with Crippen LogP contribution in [0.15, 0.2) is 12.4 Å². The van der Waals surface area contributed by atoms with Crippen LogP contribution in [-0.4, -0.2) is 16.5 Å². The molecule has 1 heterocycles. The van der Waals surface area contributed by atoms with Gasteiger partial charge in [0.25, 0.3) is 0 Å². The molecule has 0 saturated carbocycles. The van der Waals surface area contributed by atoms with Crippen LogP contribution >= 0.6 is 0 Å². The standard InChI is InChI=1S/C11H15N3/c1-4-5-12-11-7-10(6-9(2)3)13-8-14-11/h1,7-9H,5-6H2,2-3H3,(H,12,13,14). The number of aromatic nitrogens is 2. The van der Waals surface area contributed by atoms with E-state index in [1.54, 1.807) is 6.33 Å². The van der Waals surface area contributed by atoms with Crippen molar-refractivity contribution in [3.05, 3.63) is 18.1 Å². The second-order valence-electron chi connectivity index (χ2n) is 3.55. The fraction of sp³-hybridized carbons (Fsp3) is 0.455.